The molecule has 1 aromatic carbocycles. The molecular formula is C21H20N2O. The molecule has 0 saturated heterocycles. The Hall–Kier alpha value is -2.81. The van der Waals surface area contributed by atoms with Crippen LogP contribution in [0.15, 0.2) is 66.5 Å². The maximum atomic E-state index is 9.73. The summed E-state index contributed by atoms with van der Waals surface area (Å²) in [6, 6.07) is 9.49. The number of nitrogens with zero attached hydrogens (tertiary/aromatic N) is 1. The number of phenols is 1. The van der Waals surface area contributed by atoms with E-state index in [2.05, 4.69) is 47.4 Å². The molecule has 0 amide bonds. The average molecular weight is 316 g/mol. The number of benzene rings is 1. The van der Waals surface area contributed by atoms with Gasteiger partial charge in [-0.2, -0.15) is 0 Å². The van der Waals surface area contributed by atoms with Gasteiger partial charge in [-0.3, -0.25) is 0 Å². The molecule has 3 heteroatoms. The molecule has 2 heterocycles. The molecule has 3 nitrogen and oxygen atoms in total. The van der Waals surface area contributed by atoms with E-state index < -0.39 is 0 Å². The van der Waals surface area contributed by atoms with Gasteiger partial charge in [-0.1, -0.05) is 42.9 Å². The van der Waals surface area contributed by atoms with E-state index in [9.17, 15) is 5.11 Å². The standard InChI is InChI=1S/C21H20N2O/c1-2-14-6-3-4-9-18(14)20-13-23-21-19(20)11-16(12-22-21)15-7-5-8-17(24)10-15/h3-8,10-13,18,24H,2,9H2,1H3,(H,22,23). The Morgan fingerprint density at radius 2 is 2.17 bits per heavy atom. The van der Waals surface area contributed by atoms with E-state index in [0.29, 0.717) is 5.92 Å². The number of nitrogens with one attached hydrogen (secondary N) is 1. The summed E-state index contributed by atoms with van der Waals surface area (Å²) in [4.78, 5) is 7.89. The second-order valence-electron chi connectivity index (χ2n) is 6.23. The lowest BCUT2D eigenvalue weighted by atomic mass is 9.84. The van der Waals surface area contributed by atoms with E-state index in [1.807, 2.05) is 18.3 Å². The summed E-state index contributed by atoms with van der Waals surface area (Å²) in [6.07, 6.45) is 12.7. The summed E-state index contributed by atoms with van der Waals surface area (Å²) in [5, 5.41) is 10.9. The van der Waals surface area contributed by atoms with E-state index in [-0.39, 0.29) is 5.75 Å². The van der Waals surface area contributed by atoms with Crippen LogP contribution in [0.4, 0.5) is 0 Å². The van der Waals surface area contributed by atoms with Gasteiger partial charge in [0.25, 0.3) is 0 Å². The molecule has 3 aromatic rings. The number of allylic oxidation sites excluding steroid dienone is 4. The average Bonchev–Trinajstić information content (AvgIpc) is 3.04. The summed E-state index contributed by atoms with van der Waals surface area (Å²) in [6.45, 7) is 2.21. The van der Waals surface area contributed by atoms with Gasteiger partial charge in [-0.15, -0.1) is 0 Å². The number of hydrogen-bond donors (Lipinski definition) is 2. The Morgan fingerprint density at radius 3 is 3.00 bits per heavy atom. The van der Waals surface area contributed by atoms with Gasteiger partial charge in [0, 0.05) is 29.3 Å². The van der Waals surface area contributed by atoms with E-state index in [1.54, 1.807) is 12.1 Å². The zero-order chi connectivity index (χ0) is 16.5. The van der Waals surface area contributed by atoms with Crippen molar-refractivity contribution in [1.29, 1.82) is 0 Å². The number of aromatic amines is 1. The Balaban J connectivity index is 1.82. The Kier molecular flexibility index (Phi) is 3.69. The number of fused-ring (bicyclic) bond motifs is 1. The molecule has 1 aliphatic rings. The minimum atomic E-state index is 0.274. The minimum absolute atomic E-state index is 0.274. The summed E-state index contributed by atoms with van der Waals surface area (Å²) in [5.74, 6) is 0.686. The Bertz CT molecular complexity index is 949. The maximum absolute atomic E-state index is 9.73. The minimum Gasteiger partial charge on any atom is -0.508 e. The van der Waals surface area contributed by atoms with Crippen molar-refractivity contribution in [2.75, 3.05) is 0 Å². The molecule has 2 N–H and O–H groups in total. The fourth-order valence-electron chi connectivity index (χ4n) is 3.52. The van der Waals surface area contributed by atoms with Crippen molar-refractivity contribution in [3.63, 3.8) is 0 Å². The third-order valence-electron chi connectivity index (χ3n) is 4.79. The molecule has 0 saturated carbocycles. The quantitative estimate of drug-likeness (QED) is 0.687. The van der Waals surface area contributed by atoms with Crippen LogP contribution in [-0.2, 0) is 0 Å². The predicted molar refractivity (Wildman–Crippen MR) is 98.1 cm³/mol. The topological polar surface area (TPSA) is 48.9 Å². The number of H-pyrrole nitrogens is 1. The Morgan fingerprint density at radius 1 is 1.25 bits per heavy atom. The van der Waals surface area contributed by atoms with Crippen molar-refractivity contribution in [1.82, 2.24) is 9.97 Å². The van der Waals surface area contributed by atoms with Gasteiger partial charge in [0.05, 0.1) is 0 Å². The summed E-state index contributed by atoms with van der Waals surface area (Å²) >= 11 is 0. The van der Waals surface area contributed by atoms with E-state index >= 15 is 0 Å². The van der Waals surface area contributed by atoms with Gasteiger partial charge in [-0.25, -0.2) is 4.98 Å². The summed E-state index contributed by atoms with van der Waals surface area (Å²) in [5.41, 5.74) is 5.68. The first-order valence-electron chi connectivity index (χ1n) is 8.38. The fourth-order valence-corrected chi connectivity index (χ4v) is 3.52. The highest BCUT2D eigenvalue weighted by atomic mass is 16.3. The lowest BCUT2D eigenvalue weighted by Gasteiger charge is -2.20. The molecular weight excluding hydrogens is 296 g/mol. The van der Waals surface area contributed by atoms with E-state index in [4.69, 9.17) is 0 Å². The van der Waals surface area contributed by atoms with Gasteiger partial charge in [0.15, 0.2) is 0 Å². The number of hydrogen-bond acceptors (Lipinski definition) is 2. The molecule has 2 aromatic heterocycles. The molecule has 0 fully saturated rings. The van der Waals surface area contributed by atoms with Crippen LogP contribution in [-0.4, -0.2) is 15.1 Å². The Labute approximate surface area is 141 Å². The largest absolute Gasteiger partial charge is 0.508 e. The predicted octanol–water partition coefficient (Wildman–Crippen LogP) is 5.32. The molecule has 120 valence electrons. The molecule has 0 bridgehead atoms. The third kappa shape index (κ3) is 2.52. The zero-order valence-electron chi connectivity index (χ0n) is 13.7. The SMILES string of the molecule is CCC1=CC=CCC1c1c[nH]c2ncc(-c3cccc(O)c3)cc12. The molecule has 4 rings (SSSR count). The molecule has 0 radical (unpaired) electrons. The maximum Gasteiger partial charge on any atom is 0.137 e. The third-order valence-corrected chi connectivity index (χ3v) is 4.79. The van der Waals surface area contributed by atoms with Gasteiger partial charge < -0.3 is 10.1 Å². The fraction of sp³-hybridized carbons (Fsp3) is 0.190. The van der Waals surface area contributed by atoms with Gasteiger partial charge >= 0.3 is 0 Å². The van der Waals surface area contributed by atoms with Crippen LogP contribution in [0.5, 0.6) is 5.75 Å². The molecule has 0 aliphatic heterocycles. The second-order valence-corrected chi connectivity index (χ2v) is 6.23. The van der Waals surface area contributed by atoms with Crippen LogP contribution in [0, 0.1) is 0 Å². The van der Waals surface area contributed by atoms with Crippen LogP contribution in [0.1, 0.15) is 31.2 Å². The monoisotopic (exact) mass is 316 g/mol. The van der Waals surface area contributed by atoms with Crippen LogP contribution in [0.2, 0.25) is 0 Å². The number of pyridine rings is 1. The highest BCUT2D eigenvalue weighted by Gasteiger charge is 2.20. The van der Waals surface area contributed by atoms with E-state index in [1.165, 1.54) is 11.1 Å². The van der Waals surface area contributed by atoms with Gasteiger partial charge in [0.2, 0.25) is 0 Å². The molecule has 1 atom stereocenters. The normalized spacial score (nSPS) is 17.2. The summed E-state index contributed by atoms with van der Waals surface area (Å²) < 4.78 is 0. The van der Waals surface area contributed by atoms with Crippen molar-refractivity contribution in [2.24, 2.45) is 0 Å². The van der Waals surface area contributed by atoms with Crippen molar-refractivity contribution in [3.05, 3.63) is 72.1 Å². The van der Waals surface area contributed by atoms with Gasteiger partial charge in [-0.05, 0) is 42.2 Å². The highest BCUT2D eigenvalue weighted by molar-refractivity contribution is 5.85. The van der Waals surface area contributed by atoms with Crippen molar-refractivity contribution in [3.8, 4) is 16.9 Å². The molecule has 1 unspecified atom stereocenters. The number of phenolic OH excluding ortho intramolecular Hbond substituents is 1. The number of aromatic hydroxyl groups is 1. The van der Waals surface area contributed by atoms with Crippen LogP contribution >= 0.6 is 0 Å². The first-order chi connectivity index (χ1) is 11.8. The number of rotatable bonds is 3. The van der Waals surface area contributed by atoms with E-state index in [0.717, 1.165) is 35.0 Å². The van der Waals surface area contributed by atoms with Gasteiger partial charge in [0.1, 0.15) is 11.4 Å². The second kappa shape index (κ2) is 6.00. The smallest absolute Gasteiger partial charge is 0.137 e. The first-order valence-corrected chi connectivity index (χ1v) is 8.38. The molecule has 24 heavy (non-hydrogen) atoms. The van der Waals surface area contributed by atoms with Crippen LogP contribution in [0.25, 0.3) is 22.2 Å². The van der Waals surface area contributed by atoms with Crippen LogP contribution < -0.4 is 0 Å². The van der Waals surface area contributed by atoms with Crippen LogP contribution in [0.3, 0.4) is 0 Å². The lowest BCUT2D eigenvalue weighted by molar-refractivity contribution is 0.475. The highest BCUT2D eigenvalue weighted by Crippen LogP contribution is 2.37. The molecule has 1 aliphatic carbocycles. The molecule has 0 spiro atoms. The summed E-state index contributed by atoms with van der Waals surface area (Å²) in [7, 11) is 0. The van der Waals surface area contributed by atoms with Crippen molar-refractivity contribution in [2.45, 2.75) is 25.7 Å². The first kappa shape index (κ1) is 14.8. The number of aromatic nitrogens is 2. The van der Waals surface area contributed by atoms with Crippen molar-refractivity contribution >= 4 is 11.0 Å². The zero-order valence-corrected chi connectivity index (χ0v) is 13.7. The van der Waals surface area contributed by atoms with Crippen molar-refractivity contribution < 1.29 is 5.11 Å². The lowest BCUT2D eigenvalue weighted by Crippen LogP contribution is -2.03.